The zero-order valence-corrected chi connectivity index (χ0v) is 15.1. The standard InChI is InChI=1S/C17H24N4OS/c1-6-23-20-13-9-7-12(8-10-13)15-14(11-22)16(18-5)21(19-15)17(2,3)4/h7-11,18,20H,6H2,1-5H3. The maximum atomic E-state index is 11.6. The van der Waals surface area contributed by atoms with E-state index in [1.54, 1.807) is 11.9 Å². The number of benzene rings is 1. The van der Waals surface area contributed by atoms with Crippen molar-refractivity contribution in [2.75, 3.05) is 22.8 Å². The SMILES string of the molecule is CCSNc1ccc(-c2nn(C(C)(C)C)c(NC)c2C=O)cc1. The Balaban J connectivity index is 2.46. The Kier molecular flexibility index (Phi) is 5.36. The first-order valence-corrected chi connectivity index (χ1v) is 8.65. The van der Waals surface area contributed by atoms with Gasteiger partial charge in [0.15, 0.2) is 6.29 Å². The van der Waals surface area contributed by atoms with Crippen LogP contribution in [0.5, 0.6) is 0 Å². The number of nitrogens with zero attached hydrogens (tertiary/aromatic N) is 2. The van der Waals surface area contributed by atoms with Gasteiger partial charge in [0, 0.05) is 24.1 Å². The molecule has 0 unspecified atom stereocenters. The third kappa shape index (κ3) is 3.69. The molecule has 0 aliphatic rings. The summed E-state index contributed by atoms with van der Waals surface area (Å²) in [6, 6.07) is 7.98. The number of aldehydes is 1. The summed E-state index contributed by atoms with van der Waals surface area (Å²) in [6.07, 6.45) is 0.871. The van der Waals surface area contributed by atoms with Crippen LogP contribution < -0.4 is 10.0 Å². The fourth-order valence-electron chi connectivity index (χ4n) is 2.33. The van der Waals surface area contributed by atoms with E-state index in [1.165, 1.54) is 0 Å². The number of hydrogen-bond acceptors (Lipinski definition) is 5. The van der Waals surface area contributed by atoms with Gasteiger partial charge in [0.05, 0.1) is 11.1 Å². The Hall–Kier alpha value is -1.95. The second-order valence-corrected chi connectivity index (χ2v) is 7.24. The fraction of sp³-hybridized carbons (Fsp3) is 0.412. The molecule has 0 atom stereocenters. The maximum absolute atomic E-state index is 11.6. The molecule has 0 radical (unpaired) electrons. The van der Waals surface area contributed by atoms with E-state index >= 15 is 0 Å². The van der Waals surface area contributed by atoms with Crippen LogP contribution in [0.15, 0.2) is 24.3 Å². The molecular formula is C17H24N4OS. The predicted molar refractivity (Wildman–Crippen MR) is 99.3 cm³/mol. The Morgan fingerprint density at radius 1 is 1.26 bits per heavy atom. The molecule has 0 aliphatic heterocycles. The van der Waals surface area contributed by atoms with Crippen LogP contribution in [0.1, 0.15) is 38.1 Å². The second kappa shape index (κ2) is 7.08. The smallest absolute Gasteiger partial charge is 0.156 e. The minimum Gasteiger partial charge on any atom is -0.373 e. The molecule has 23 heavy (non-hydrogen) atoms. The van der Waals surface area contributed by atoms with Crippen LogP contribution in [-0.4, -0.2) is 28.9 Å². The van der Waals surface area contributed by atoms with E-state index < -0.39 is 0 Å². The highest BCUT2D eigenvalue weighted by Gasteiger charge is 2.24. The summed E-state index contributed by atoms with van der Waals surface area (Å²) in [5.41, 5.74) is 3.05. The van der Waals surface area contributed by atoms with Crippen LogP contribution in [-0.2, 0) is 5.54 Å². The quantitative estimate of drug-likeness (QED) is 0.612. The van der Waals surface area contributed by atoms with E-state index in [4.69, 9.17) is 0 Å². The van der Waals surface area contributed by atoms with Crippen molar-refractivity contribution in [2.45, 2.75) is 33.2 Å². The molecule has 1 heterocycles. The van der Waals surface area contributed by atoms with Crippen LogP contribution in [0.25, 0.3) is 11.3 Å². The van der Waals surface area contributed by atoms with Crippen LogP contribution in [0.4, 0.5) is 11.5 Å². The van der Waals surface area contributed by atoms with Gasteiger partial charge in [-0.05, 0) is 32.9 Å². The van der Waals surface area contributed by atoms with Gasteiger partial charge < -0.3 is 10.0 Å². The molecule has 1 aromatic heterocycles. The predicted octanol–water partition coefficient (Wildman–Crippen LogP) is 4.24. The van der Waals surface area contributed by atoms with Crippen molar-refractivity contribution >= 4 is 29.7 Å². The van der Waals surface area contributed by atoms with Crippen molar-refractivity contribution in [3.8, 4) is 11.3 Å². The first-order chi connectivity index (χ1) is 10.9. The van der Waals surface area contributed by atoms with Crippen LogP contribution in [0, 0.1) is 0 Å². The van der Waals surface area contributed by atoms with Gasteiger partial charge in [-0.25, -0.2) is 4.68 Å². The van der Waals surface area contributed by atoms with E-state index in [0.29, 0.717) is 11.3 Å². The average molecular weight is 332 g/mol. The van der Waals surface area contributed by atoms with Gasteiger partial charge in [-0.15, -0.1) is 0 Å². The van der Waals surface area contributed by atoms with Crippen molar-refractivity contribution in [2.24, 2.45) is 0 Å². The van der Waals surface area contributed by atoms with Gasteiger partial charge in [0.25, 0.3) is 0 Å². The molecule has 0 spiro atoms. The summed E-state index contributed by atoms with van der Waals surface area (Å²) in [6.45, 7) is 8.29. The number of nitrogens with one attached hydrogen (secondary N) is 2. The molecule has 2 aromatic rings. The number of hydrogen-bond donors (Lipinski definition) is 2. The lowest BCUT2D eigenvalue weighted by Crippen LogP contribution is -2.24. The van der Waals surface area contributed by atoms with Gasteiger partial charge in [0.1, 0.15) is 11.5 Å². The molecule has 0 bridgehead atoms. The van der Waals surface area contributed by atoms with E-state index in [-0.39, 0.29) is 5.54 Å². The van der Waals surface area contributed by atoms with Crippen molar-refractivity contribution < 1.29 is 4.79 Å². The molecule has 6 heteroatoms. The summed E-state index contributed by atoms with van der Waals surface area (Å²) < 4.78 is 5.13. The van der Waals surface area contributed by atoms with Crippen LogP contribution >= 0.6 is 11.9 Å². The Labute approximate surface area is 142 Å². The van der Waals surface area contributed by atoms with E-state index in [0.717, 1.165) is 29.1 Å². The summed E-state index contributed by atoms with van der Waals surface area (Å²) in [5, 5.41) is 7.79. The Bertz CT molecular complexity index is 671. The zero-order chi connectivity index (χ0) is 17.0. The molecule has 0 amide bonds. The maximum Gasteiger partial charge on any atom is 0.156 e. The highest BCUT2D eigenvalue weighted by atomic mass is 32.2. The fourth-order valence-corrected chi connectivity index (χ4v) is 2.78. The molecular weight excluding hydrogens is 308 g/mol. The molecule has 0 fully saturated rings. The normalized spacial score (nSPS) is 11.3. The van der Waals surface area contributed by atoms with Crippen molar-refractivity contribution in [3.63, 3.8) is 0 Å². The topological polar surface area (TPSA) is 59.0 Å². The van der Waals surface area contributed by atoms with Crippen molar-refractivity contribution in [1.82, 2.24) is 9.78 Å². The number of carbonyl (C=O) groups is 1. The lowest BCUT2D eigenvalue weighted by molar-refractivity contribution is 0.112. The van der Waals surface area contributed by atoms with Gasteiger partial charge in [-0.1, -0.05) is 31.0 Å². The Morgan fingerprint density at radius 3 is 2.39 bits per heavy atom. The highest BCUT2D eigenvalue weighted by Crippen LogP contribution is 2.32. The van der Waals surface area contributed by atoms with Crippen molar-refractivity contribution in [3.05, 3.63) is 29.8 Å². The Morgan fingerprint density at radius 2 is 1.91 bits per heavy atom. The molecule has 0 saturated carbocycles. The van der Waals surface area contributed by atoms with E-state index in [9.17, 15) is 4.79 Å². The lowest BCUT2D eigenvalue weighted by Gasteiger charge is -2.22. The number of rotatable bonds is 6. The number of anilines is 2. The molecule has 2 rings (SSSR count). The highest BCUT2D eigenvalue weighted by molar-refractivity contribution is 8.00. The average Bonchev–Trinajstić information content (AvgIpc) is 2.92. The third-order valence-electron chi connectivity index (χ3n) is 3.40. The third-order valence-corrected chi connectivity index (χ3v) is 4.07. The lowest BCUT2D eigenvalue weighted by atomic mass is 10.1. The zero-order valence-electron chi connectivity index (χ0n) is 14.3. The van der Waals surface area contributed by atoms with E-state index in [2.05, 4.69) is 42.8 Å². The molecule has 5 nitrogen and oxygen atoms in total. The van der Waals surface area contributed by atoms with Gasteiger partial charge in [-0.2, -0.15) is 5.10 Å². The first kappa shape index (κ1) is 17.4. The second-order valence-electron chi connectivity index (χ2n) is 6.17. The van der Waals surface area contributed by atoms with Crippen molar-refractivity contribution in [1.29, 1.82) is 0 Å². The molecule has 0 saturated heterocycles. The molecule has 1 aromatic carbocycles. The molecule has 0 aliphatic carbocycles. The monoisotopic (exact) mass is 332 g/mol. The van der Waals surface area contributed by atoms with Gasteiger partial charge in [-0.3, -0.25) is 4.79 Å². The molecule has 124 valence electrons. The minimum atomic E-state index is -0.215. The number of aromatic nitrogens is 2. The summed E-state index contributed by atoms with van der Waals surface area (Å²) >= 11 is 1.65. The van der Waals surface area contributed by atoms with Crippen LogP contribution in [0.3, 0.4) is 0 Å². The summed E-state index contributed by atoms with van der Waals surface area (Å²) in [4.78, 5) is 11.6. The number of carbonyl (C=O) groups excluding carboxylic acids is 1. The molecule has 2 N–H and O–H groups in total. The summed E-state index contributed by atoms with van der Waals surface area (Å²) in [7, 11) is 1.81. The largest absolute Gasteiger partial charge is 0.373 e. The summed E-state index contributed by atoms with van der Waals surface area (Å²) in [5.74, 6) is 1.74. The first-order valence-electron chi connectivity index (χ1n) is 7.67. The minimum absolute atomic E-state index is 0.215. The van der Waals surface area contributed by atoms with Gasteiger partial charge in [0.2, 0.25) is 0 Å². The van der Waals surface area contributed by atoms with E-state index in [1.807, 2.05) is 36.0 Å². The van der Waals surface area contributed by atoms with Crippen LogP contribution in [0.2, 0.25) is 0 Å². The van der Waals surface area contributed by atoms with Gasteiger partial charge >= 0.3 is 0 Å².